The summed E-state index contributed by atoms with van der Waals surface area (Å²) in [7, 11) is 0. The monoisotopic (exact) mass is 569 g/mol. The minimum atomic E-state index is -1.16. The number of unbranched alkanes of at least 4 members (excludes halogenated alkanes) is 1. The van der Waals surface area contributed by atoms with E-state index >= 15 is 0 Å². The second kappa shape index (κ2) is 17.0. The Morgan fingerprint density at radius 3 is 1.98 bits per heavy atom. The smallest absolute Gasteiger partial charge is 0.326 e. The van der Waals surface area contributed by atoms with Gasteiger partial charge in [-0.1, -0.05) is 62.7 Å². The molecule has 0 aliphatic rings. The van der Waals surface area contributed by atoms with Crippen molar-refractivity contribution in [2.75, 3.05) is 6.54 Å². The number of carbonyl (C=O) groups excluding carboxylic acids is 3. The topological polar surface area (TPSA) is 197 Å². The Hall–Kier alpha value is -3.96. The van der Waals surface area contributed by atoms with E-state index in [1.165, 1.54) is 12.1 Å². The molecule has 9 N–H and O–H groups in total. The van der Waals surface area contributed by atoms with E-state index in [0.717, 1.165) is 5.56 Å². The molecule has 2 rings (SSSR count). The second-order valence-electron chi connectivity index (χ2n) is 10.3. The van der Waals surface area contributed by atoms with Crippen molar-refractivity contribution in [1.29, 1.82) is 0 Å². The predicted octanol–water partition coefficient (Wildman–Crippen LogP) is 1.22. The number of hydrogen-bond donors (Lipinski definition) is 7. The molecule has 0 bridgehead atoms. The van der Waals surface area contributed by atoms with Gasteiger partial charge in [0.2, 0.25) is 17.7 Å². The number of amides is 3. The number of carboxylic acid groups (broad SMARTS) is 1. The van der Waals surface area contributed by atoms with Crippen LogP contribution in [0.4, 0.5) is 0 Å². The molecule has 0 saturated carbocycles. The minimum Gasteiger partial charge on any atom is -0.508 e. The van der Waals surface area contributed by atoms with E-state index in [9.17, 15) is 29.4 Å². The molecule has 0 aliphatic carbocycles. The summed E-state index contributed by atoms with van der Waals surface area (Å²) >= 11 is 0. The van der Waals surface area contributed by atoms with E-state index in [1.807, 2.05) is 37.3 Å². The van der Waals surface area contributed by atoms with Crippen LogP contribution in [0.25, 0.3) is 0 Å². The molecule has 11 nitrogen and oxygen atoms in total. The molecule has 0 saturated heterocycles. The van der Waals surface area contributed by atoms with Gasteiger partial charge < -0.3 is 37.6 Å². The summed E-state index contributed by atoms with van der Waals surface area (Å²) in [6, 6.07) is 11.2. The number of nitrogens with two attached hydrogens (primary N) is 2. The van der Waals surface area contributed by atoms with Crippen molar-refractivity contribution in [2.45, 2.75) is 76.5 Å². The van der Waals surface area contributed by atoms with Crippen molar-refractivity contribution < 1.29 is 29.4 Å². The van der Waals surface area contributed by atoms with Crippen LogP contribution in [-0.2, 0) is 32.0 Å². The first-order valence-corrected chi connectivity index (χ1v) is 14.0. The fraction of sp³-hybridized carbons (Fsp3) is 0.467. The third kappa shape index (κ3) is 11.2. The van der Waals surface area contributed by atoms with Gasteiger partial charge in [0.25, 0.3) is 0 Å². The molecular weight excluding hydrogens is 526 g/mol. The standard InChI is InChI=1S/C30H43N5O6/c1-3-19(2)26(30(40)41)35-28(38)24(11-7-8-16-31)33-29(39)25(18-21-12-14-22(36)15-13-21)34-27(37)23(32)17-20-9-5-4-6-10-20/h4-6,9-10,12-15,19,23-26,36H,3,7-8,11,16-18,31-32H2,1-2H3,(H,33,39)(H,34,37)(H,35,38)(H,40,41). The normalized spacial score (nSPS) is 14.6. The largest absolute Gasteiger partial charge is 0.508 e. The van der Waals surface area contributed by atoms with Gasteiger partial charge in [-0.25, -0.2) is 4.79 Å². The zero-order valence-electron chi connectivity index (χ0n) is 23.7. The molecule has 41 heavy (non-hydrogen) atoms. The number of carboxylic acids is 1. The molecule has 0 fully saturated rings. The van der Waals surface area contributed by atoms with Crippen molar-refractivity contribution in [3.05, 3.63) is 65.7 Å². The number of aromatic hydroxyl groups is 1. The zero-order chi connectivity index (χ0) is 30.4. The molecular formula is C30H43N5O6. The summed E-state index contributed by atoms with van der Waals surface area (Å²) in [4.78, 5) is 51.6. The number of phenolic OH excluding ortho intramolecular Hbond substituents is 1. The lowest BCUT2D eigenvalue weighted by atomic mass is 9.98. The van der Waals surface area contributed by atoms with Gasteiger partial charge in [0.1, 0.15) is 23.9 Å². The minimum absolute atomic E-state index is 0.0506. The van der Waals surface area contributed by atoms with Crippen LogP contribution in [-0.4, -0.2) is 64.6 Å². The molecule has 2 aromatic rings. The number of nitrogens with one attached hydrogen (secondary N) is 3. The lowest BCUT2D eigenvalue weighted by Crippen LogP contribution is -2.58. The van der Waals surface area contributed by atoms with Gasteiger partial charge in [0.05, 0.1) is 6.04 Å². The zero-order valence-corrected chi connectivity index (χ0v) is 23.7. The van der Waals surface area contributed by atoms with Gasteiger partial charge >= 0.3 is 5.97 Å². The van der Waals surface area contributed by atoms with Crippen LogP contribution in [0.1, 0.15) is 50.7 Å². The first-order chi connectivity index (χ1) is 19.5. The summed E-state index contributed by atoms with van der Waals surface area (Å²) < 4.78 is 0. The van der Waals surface area contributed by atoms with Crippen molar-refractivity contribution in [2.24, 2.45) is 17.4 Å². The lowest BCUT2D eigenvalue weighted by Gasteiger charge is -2.27. The molecule has 5 unspecified atom stereocenters. The van der Waals surface area contributed by atoms with Crippen LogP contribution in [0.15, 0.2) is 54.6 Å². The number of phenols is 1. The summed E-state index contributed by atoms with van der Waals surface area (Å²) in [6.45, 7) is 3.95. The quantitative estimate of drug-likeness (QED) is 0.138. The van der Waals surface area contributed by atoms with Crippen LogP contribution in [0.3, 0.4) is 0 Å². The van der Waals surface area contributed by atoms with E-state index in [2.05, 4.69) is 16.0 Å². The van der Waals surface area contributed by atoms with Gasteiger partial charge in [-0.2, -0.15) is 0 Å². The third-order valence-electron chi connectivity index (χ3n) is 7.00. The first kappa shape index (κ1) is 33.2. The SMILES string of the molecule is CCC(C)C(NC(=O)C(CCCCN)NC(=O)C(Cc1ccc(O)cc1)NC(=O)C(N)Cc1ccccc1)C(=O)O. The van der Waals surface area contributed by atoms with Crippen molar-refractivity contribution in [1.82, 2.24) is 16.0 Å². The Morgan fingerprint density at radius 2 is 1.39 bits per heavy atom. The van der Waals surface area contributed by atoms with E-state index in [4.69, 9.17) is 11.5 Å². The highest BCUT2D eigenvalue weighted by atomic mass is 16.4. The highest BCUT2D eigenvalue weighted by Crippen LogP contribution is 2.13. The van der Waals surface area contributed by atoms with E-state index in [0.29, 0.717) is 31.4 Å². The Kier molecular flexibility index (Phi) is 13.8. The molecule has 11 heteroatoms. The lowest BCUT2D eigenvalue weighted by molar-refractivity contribution is -0.144. The van der Waals surface area contributed by atoms with Crippen molar-refractivity contribution in [3.63, 3.8) is 0 Å². The fourth-order valence-corrected chi connectivity index (χ4v) is 4.29. The van der Waals surface area contributed by atoms with Crippen LogP contribution >= 0.6 is 0 Å². The summed E-state index contributed by atoms with van der Waals surface area (Å²) in [5.41, 5.74) is 13.3. The third-order valence-corrected chi connectivity index (χ3v) is 7.00. The van der Waals surface area contributed by atoms with Crippen LogP contribution in [0.2, 0.25) is 0 Å². The molecule has 224 valence electrons. The van der Waals surface area contributed by atoms with E-state index < -0.39 is 47.9 Å². The summed E-state index contributed by atoms with van der Waals surface area (Å²) in [5.74, 6) is -3.23. The maximum atomic E-state index is 13.6. The molecule has 0 aromatic heterocycles. The molecule has 2 aromatic carbocycles. The van der Waals surface area contributed by atoms with Crippen molar-refractivity contribution in [3.8, 4) is 5.75 Å². The number of hydrogen-bond acceptors (Lipinski definition) is 7. The highest BCUT2D eigenvalue weighted by molar-refractivity contribution is 5.94. The number of benzene rings is 2. The Labute approximate surface area is 241 Å². The Balaban J connectivity index is 2.24. The number of aliphatic carboxylic acids is 1. The fourth-order valence-electron chi connectivity index (χ4n) is 4.29. The average Bonchev–Trinajstić information content (AvgIpc) is 2.95. The molecule has 3 amide bonds. The van der Waals surface area contributed by atoms with Crippen LogP contribution < -0.4 is 27.4 Å². The molecule has 0 radical (unpaired) electrons. The average molecular weight is 570 g/mol. The number of carbonyl (C=O) groups is 4. The Morgan fingerprint density at radius 1 is 0.805 bits per heavy atom. The van der Waals surface area contributed by atoms with Gasteiger partial charge in [0, 0.05) is 6.42 Å². The van der Waals surface area contributed by atoms with E-state index in [1.54, 1.807) is 19.1 Å². The molecule has 0 spiro atoms. The Bertz CT molecular complexity index is 1130. The molecule has 0 heterocycles. The van der Waals surface area contributed by atoms with Gasteiger partial charge in [0.15, 0.2) is 0 Å². The predicted molar refractivity (Wildman–Crippen MR) is 156 cm³/mol. The highest BCUT2D eigenvalue weighted by Gasteiger charge is 2.32. The summed E-state index contributed by atoms with van der Waals surface area (Å²) in [6.07, 6.45) is 2.22. The second-order valence-corrected chi connectivity index (χ2v) is 10.3. The maximum absolute atomic E-state index is 13.6. The van der Waals surface area contributed by atoms with Crippen molar-refractivity contribution >= 4 is 23.7 Å². The van der Waals surface area contributed by atoms with E-state index in [-0.39, 0.29) is 30.9 Å². The maximum Gasteiger partial charge on any atom is 0.326 e. The van der Waals surface area contributed by atoms with Crippen LogP contribution in [0.5, 0.6) is 5.75 Å². The molecule has 5 atom stereocenters. The van der Waals surface area contributed by atoms with Crippen LogP contribution in [0, 0.1) is 5.92 Å². The summed E-state index contributed by atoms with van der Waals surface area (Å²) in [5, 5.41) is 27.3. The van der Waals surface area contributed by atoms with Gasteiger partial charge in [-0.05, 0) is 61.4 Å². The number of rotatable bonds is 17. The van der Waals surface area contributed by atoms with Gasteiger partial charge in [-0.3, -0.25) is 14.4 Å². The first-order valence-electron chi connectivity index (χ1n) is 14.0. The molecule has 0 aliphatic heterocycles. The van der Waals surface area contributed by atoms with Gasteiger partial charge in [-0.15, -0.1) is 0 Å².